The van der Waals surface area contributed by atoms with E-state index in [0.29, 0.717) is 16.4 Å². The average Bonchev–Trinajstić information content (AvgIpc) is 2.84. The number of rotatable bonds is 4. The van der Waals surface area contributed by atoms with E-state index in [4.69, 9.17) is 10.5 Å². The summed E-state index contributed by atoms with van der Waals surface area (Å²) in [5, 5.41) is 19.2. The second-order valence-electron chi connectivity index (χ2n) is 4.97. The Morgan fingerprint density at radius 3 is 2.76 bits per heavy atom. The molecule has 0 spiro atoms. The number of carbonyl (C=O) groups is 1. The molecule has 0 unspecified atom stereocenters. The molecule has 1 aromatic heterocycles. The zero-order valence-corrected chi connectivity index (χ0v) is 12.8. The Labute approximate surface area is 127 Å². The molecule has 0 aliphatic carbocycles. The van der Waals surface area contributed by atoms with E-state index in [2.05, 4.69) is 11.0 Å². The van der Waals surface area contributed by atoms with Crippen molar-refractivity contribution in [1.29, 1.82) is 5.26 Å². The quantitative estimate of drug-likeness (QED) is 0.819. The molecule has 1 aliphatic heterocycles. The van der Waals surface area contributed by atoms with Crippen LogP contribution in [0.15, 0.2) is 0 Å². The molecule has 1 aliphatic rings. The molecule has 0 bridgehead atoms. The van der Waals surface area contributed by atoms with Crippen LogP contribution in [-0.2, 0) is 4.74 Å². The first-order chi connectivity index (χ1) is 10.1. The molecule has 0 amide bonds. The lowest BCUT2D eigenvalue weighted by Gasteiger charge is -2.31. The van der Waals surface area contributed by atoms with E-state index in [1.807, 2.05) is 0 Å². The lowest BCUT2D eigenvalue weighted by Crippen LogP contribution is -2.34. The molecule has 2 rings (SSSR count). The third-order valence-corrected chi connectivity index (χ3v) is 4.91. The van der Waals surface area contributed by atoms with Crippen LogP contribution in [0.25, 0.3) is 0 Å². The van der Waals surface area contributed by atoms with E-state index < -0.39 is 5.97 Å². The van der Waals surface area contributed by atoms with Gasteiger partial charge in [-0.15, -0.1) is 11.3 Å². The summed E-state index contributed by atoms with van der Waals surface area (Å²) in [6, 6.07) is 2.09. The summed E-state index contributed by atoms with van der Waals surface area (Å²) in [4.78, 5) is 14.2. The Balaban J connectivity index is 2.26. The Hall–Kier alpha value is -1.78. The second kappa shape index (κ2) is 6.78. The van der Waals surface area contributed by atoms with Crippen LogP contribution >= 0.6 is 11.3 Å². The maximum Gasteiger partial charge on any atom is 0.350 e. The summed E-state index contributed by atoms with van der Waals surface area (Å²) in [5.41, 5.74) is 6.49. The Morgan fingerprint density at radius 2 is 2.24 bits per heavy atom. The second-order valence-corrected chi connectivity index (χ2v) is 5.97. The van der Waals surface area contributed by atoms with Crippen molar-refractivity contribution in [2.24, 2.45) is 5.92 Å². The number of esters is 1. The average molecular weight is 309 g/mol. The van der Waals surface area contributed by atoms with Gasteiger partial charge in [-0.3, -0.25) is 0 Å². The van der Waals surface area contributed by atoms with Gasteiger partial charge in [0.2, 0.25) is 0 Å². The van der Waals surface area contributed by atoms with Gasteiger partial charge in [0.05, 0.1) is 12.3 Å². The van der Waals surface area contributed by atoms with Crippen molar-refractivity contribution in [1.82, 2.24) is 0 Å². The van der Waals surface area contributed by atoms with Gasteiger partial charge in [-0.05, 0) is 25.7 Å². The molecule has 6 nitrogen and oxygen atoms in total. The molecule has 1 saturated heterocycles. The number of anilines is 2. The van der Waals surface area contributed by atoms with Crippen molar-refractivity contribution in [2.75, 3.05) is 36.9 Å². The largest absolute Gasteiger partial charge is 0.462 e. The molecule has 7 heteroatoms. The maximum absolute atomic E-state index is 11.9. The van der Waals surface area contributed by atoms with Gasteiger partial charge in [0.15, 0.2) is 0 Å². The number of hydrogen-bond donors (Lipinski definition) is 2. The zero-order chi connectivity index (χ0) is 15.4. The molecular weight excluding hydrogens is 290 g/mol. The third kappa shape index (κ3) is 3.12. The summed E-state index contributed by atoms with van der Waals surface area (Å²) in [6.45, 7) is 3.70. The van der Waals surface area contributed by atoms with Gasteiger partial charge in [-0.2, -0.15) is 5.26 Å². The predicted octanol–water partition coefficient (Wildman–Crippen LogP) is 1.59. The molecule has 0 saturated carbocycles. The van der Waals surface area contributed by atoms with Crippen LogP contribution in [0.5, 0.6) is 0 Å². The van der Waals surface area contributed by atoms with E-state index in [0.717, 1.165) is 30.9 Å². The minimum absolute atomic E-state index is 0.194. The number of aliphatic hydroxyl groups is 1. The first kappa shape index (κ1) is 15.6. The van der Waals surface area contributed by atoms with Gasteiger partial charge in [0.25, 0.3) is 0 Å². The normalized spacial score (nSPS) is 15.8. The monoisotopic (exact) mass is 309 g/mol. The first-order valence-electron chi connectivity index (χ1n) is 6.97. The van der Waals surface area contributed by atoms with E-state index in [-0.39, 0.29) is 18.9 Å². The maximum atomic E-state index is 11.9. The van der Waals surface area contributed by atoms with E-state index in [1.54, 1.807) is 6.92 Å². The Morgan fingerprint density at radius 1 is 1.57 bits per heavy atom. The summed E-state index contributed by atoms with van der Waals surface area (Å²) in [6.07, 6.45) is 1.74. The number of thiophene rings is 1. The predicted molar refractivity (Wildman–Crippen MR) is 81.4 cm³/mol. The fraction of sp³-hybridized carbons (Fsp3) is 0.571. The lowest BCUT2D eigenvalue weighted by molar-refractivity contribution is 0.0533. The fourth-order valence-electron chi connectivity index (χ4n) is 2.43. The summed E-state index contributed by atoms with van der Waals surface area (Å²) in [5.74, 6) is -0.165. The Bertz CT molecular complexity index is 557. The van der Waals surface area contributed by atoms with Crippen LogP contribution in [0.2, 0.25) is 0 Å². The van der Waals surface area contributed by atoms with Crippen LogP contribution in [0.4, 0.5) is 10.7 Å². The topological polar surface area (TPSA) is 99.6 Å². The van der Waals surface area contributed by atoms with Gasteiger partial charge in [0.1, 0.15) is 21.5 Å². The number of nitrogens with two attached hydrogens (primary N) is 1. The number of piperidine rings is 1. The van der Waals surface area contributed by atoms with Crippen molar-refractivity contribution >= 4 is 28.0 Å². The number of aliphatic hydroxyl groups excluding tert-OH is 1. The van der Waals surface area contributed by atoms with Crippen molar-refractivity contribution < 1.29 is 14.6 Å². The smallest absolute Gasteiger partial charge is 0.350 e. The van der Waals surface area contributed by atoms with Gasteiger partial charge >= 0.3 is 5.97 Å². The van der Waals surface area contributed by atoms with Gasteiger partial charge < -0.3 is 20.5 Å². The molecule has 3 N–H and O–H groups in total. The SMILES string of the molecule is CCOC(=O)c1sc(N2CCC(CO)CC2)c(C#N)c1N. The fourth-order valence-corrected chi connectivity index (χ4v) is 3.55. The number of nitrogen functional groups attached to an aromatic ring is 1. The molecule has 21 heavy (non-hydrogen) atoms. The van der Waals surface area contributed by atoms with Gasteiger partial charge in [0, 0.05) is 19.7 Å². The summed E-state index contributed by atoms with van der Waals surface area (Å²) < 4.78 is 4.97. The van der Waals surface area contributed by atoms with Crippen LogP contribution in [0.1, 0.15) is 35.0 Å². The number of nitriles is 1. The molecule has 0 atom stereocenters. The number of hydrogen-bond acceptors (Lipinski definition) is 7. The van der Waals surface area contributed by atoms with Crippen LogP contribution in [0.3, 0.4) is 0 Å². The van der Waals surface area contributed by atoms with Crippen molar-refractivity contribution in [3.8, 4) is 6.07 Å². The van der Waals surface area contributed by atoms with Crippen molar-refractivity contribution in [3.63, 3.8) is 0 Å². The molecule has 2 heterocycles. The highest BCUT2D eigenvalue weighted by Gasteiger charge is 2.27. The molecule has 0 radical (unpaired) electrons. The number of ether oxygens (including phenoxy) is 1. The highest BCUT2D eigenvalue weighted by Crippen LogP contribution is 2.39. The van der Waals surface area contributed by atoms with Crippen LogP contribution in [-0.4, -0.2) is 37.4 Å². The van der Waals surface area contributed by atoms with E-state index >= 15 is 0 Å². The first-order valence-corrected chi connectivity index (χ1v) is 7.79. The lowest BCUT2D eigenvalue weighted by atomic mass is 9.98. The van der Waals surface area contributed by atoms with Gasteiger partial charge in [-0.1, -0.05) is 0 Å². The molecule has 1 fully saturated rings. The number of carbonyl (C=O) groups excluding carboxylic acids is 1. The van der Waals surface area contributed by atoms with Crippen LogP contribution in [0, 0.1) is 17.2 Å². The molecule has 1 aromatic rings. The summed E-state index contributed by atoms with van der Waals surface area (Å²) in [7, 11) is 0. The van der Waals surface area contributed by atoms with E-state index in [1.165, 1.54) is 11.3 Å². The Kier molecular flexibility index (Phi) is 5.04. The zero-order valence-electron chi connectivity index (χ0n) is 12.0. The molecular formula is C14H19N3O3S. The van der Waals surface area contributed by atoms with Crippen molar-refractivity contribution in [2.45, 2.75) is 19.8 Å². The molecule has 0 aromatic carbocycles. The van der Waals surface area contributed by atoms with Gasteiger partial charge in [-0.25, -0.2) is 4.79 Å². The van der Waals surface area contributed by atoms with E-state index in [9.17, 15) is 15.2 Å². The highest BCUT2D eigenvalue weighted by molar-refractivity contribution is 7.18. The number of nitrogens with zero attached hydrogens (tertiary/aromatic N) is 2. The molecule has 114 valence electrons. The minimum atomic E-state index is -0.479. The summed E-state index contributed by atoms with van der Waals surface area (Å²) >= 11 is 1.22. The highest BCUT2D eigenvalue weighted by atomic mass is 32.1. The third-order valence-electron chi connectivity index (χ3n) is 3.66. The van der Waals surface area contributed by atoms with Crippen LogP contribution < -0.4 is 10.6 Å². The minimum Gasteiger partial charge on any atom is -0.462 e. The standard InChI is InChI=1S/C14H19N3O3S/c1-2-20-14(19)12-11(16)10(7-15)13(21-12)17-5-3-9(8-18)4-6-17/h9,18H,2-6,8,16H2,1H3. The van der Waals surface area contributed by atoms with Crippen molar-refractivity contribution in [3.05, 3.63) is 10.4 Å².